The zero-order valence-corrected chi connectivity index (χ0v) is 37.9. The summed E-state index contributed by atoms with van der Waals surface area (Å²) in [6, 6.07) is 6.68. The molecule has 2 aliphatic heterocycles. The van der Waals surface area contributed by atoms with Crippen LogP contribution in [0.5, 0.6) is 5.75 Å². The molecule has 0 bridgehead atoms. The van der Waals surface area contributed by atoms with Crippen LogP contribution in [0.25, 0.3) is 0 Å². The molecule has 1 aromatic rings. The number of alkyl halides is 1. The summed E-state index contributed by atoms with van der Waals surface area (Å²) in [5, 5.41) is 41.8. The molecule has 0 saturated carbocycles. The Morgan fingerprint density at radius 2 is 1.64 bits per heavy atom. The molecule has 17 nitrogen and oxygen atoms in total. The topological polar surface area (TPSA) is 231 Å². The fraction of sp³-hybridized carbons (Fsp3) is 0.639. The number of hydrogen-bond acceptors (Lipinski definition) is 15. The number of aliphatic imine (C=N–C) groups is 1. The van der Waals surface area contributed by atoms with Gasteiger partial charge in [-0.2, -0.15) is 18.6 Å². The molecule has 1 radical (unpaired) electrons. The van der Waals surface area contributed by atoms with Gasteiger partial charge in [-0.1, -0.05) is 22.8 Å². The molecule has 3 atom stereocenters. The molecular formula is C36H59BBr2N7O10S2. The van der Waals surface area contributed by atoms with Crippen LogP contribution < -0.4 is 21.7 Å². The highest BCUT2D eigenvalue weighted by atomic mass is 79.9. The summed E-state index contributed by atoms with van der Waals surface area (Å²) in [6.45, 7) is 7.60. The summed E-state index contributed by atoms with van der Waals surface area (Å²) in [5.41, 5.74) is 1.94. The van der Waals surface area contributed by atoms with Crippen LogP contribution in [0.1, 0.15) is 32.1 Å². The van der Waals surface area contributed by atoms with Crippen LogP contribution in [0.2, 0.25) is 6.82 Å². The number of halogens is 2. The van der Waals surface area contributed by atoms with Gasteiger partial charge in [0.1, 0.15) is 11.9 Å². The Labute approximate surface area is 371 Å². The highest BCUT2D eigenvalue weighted by molar-refractivity contribution is 9.12. The first-order valence-corrected chi connectivity index (χ1v) is 21.1. The van der Waals surface area contributed by atoms with E-state index >= 15 is 0 Å². The van der Waals surface area contributed by atoms with Gasteiger partial charge in [0.05, 0.1) is 95.0 Å². The second kappa shape index (κ2) is 33.5. The number of unbranched alkanes of at least 4 members (excludes halogenated alkanes) is 1. The number of hydrogen-bond donors (Lipinski definition) is 7. The maximum Gasteiger partial charge on any atom is 0.268 e. The van der Waals surface area contributed by atoms with E-state index in [2.05, 4.69) is 57.8 Å². The molecular weight excluding hydrogens is 925 g/mol. The number of amides is 2. The molecule has 3 unspecified atom stereocenters. The highest BCUT2D eigenvalue weighted by Gasteiger charge is 2.35. The first kappa shape index (κ1) is 53.8. The average Bonchev–Trinajstić information content (AvgIpc) is 3.41. The molecule has 1 aromatic carbocycles. The number of ether oxygens (including phenoxy) is 5. The molecule has 2 aliphatic rings. The van der Waals surface area contributed by atoms with E-state index in [9.17, 15) is 24.9 Å². The lowest BCUT2D eigenvalue weighted by Crippen LogP contribution is -2.42. The number of carbonyl (C=O) groups excluding carboxylic acids is 2. The van der Waals surface area contributed by atoms with Crippen molar-refractivity contribution < 1.29 is 48.6 Å². The Balaban J connectivity index is 0.00000102. The number of rotatable bonds is 27. The van der Waals surface area contributed by atoms with Crippen molar-refractivity contribution in [2.75, 3.05) is 96.3 Å². The molecule has 2 heterocycles. The van der Waals surface area contributed by atoms with Crippen molar-refractivity contribution >= 4 is 99.5 Å². The van der Waals surface area contributed by atoms with Gasteiger partial charge in [0.15, 0.2) is 5.11 Å². The van der Waals surface area contributed by atoms with E-state index in [0.717, 1.165) is 42.1 Å². The van der Waals surface area contributed by atoms with E-state index in [1.165, 1.54) is 0 Å². The number of hydrazone groups is 1. The van der Waals surface area contributed by atoms with Crippen LogP contribution in [0.15, 0.2) is 44.4 Å². The van der Waals surface area contributed by atoms with Gasteiger partial charge in [0.2, 0.25) is 7.41 Å². The number of nitrogens with two attached hydrogens (primary N) is 1. The summed E-state index contributed by atoms with van der Waals surface area (Å²) in [4.78, 5) is 29.7. The summed E-state index contributed by atoms with van der Waals surface area (Å²) < 4.78 is 27.5. The number of carbonyl (C=O) groups is 2. The summed E-state index contributed by atoms with van der Waals surface area (Å²) in [6.07, 6.45) is 4.29. The van der Waals surface area contributed by atoms with Crippen molar-refractivity contribution in [3.63, 3.8) is 0 Å². The number of aliphatic hydroxyl groups excluding tert-OH is 2. The van der Waals surface area contributed by atoms with Crippen molar-refractivity contribution in [1.82, 2.24) is 15.4 Å². The van der Waals surface area contributed by atoms with Crippen LogP contribution in [0.3, 0.4) is 0 Å². The molecule has 58 heavy (non-hydrogen) atoms. The maximum absolute atomic E-state index is 12.1. The third-order valence-electron chi connectivity index (χ3n) is 8.22. The number of aromatic hydroxyl groups is 1. The molecule has 1 saturated heterocycles. The van der Waals surface area contributed by atoms with Gasteiger partial charge < -0.3 is 60.7 Å². The number of nitrogens with one attached hydrogen (secondary N) is 3. The Bertz CT molecular complexity index is 1420. The average molecular weight is 985 g/mol. The number of nitrogens with zero attached hydrogens (tertiary/aromatic N) is 3. The quantitative estimate of drug-likeness (QED) is 0.00770. The molecule has 0 aromatic heterocycles. The van der Waals surface area contributed by atoms with Crippen LogP contribution in [0.4, 0.5) is 5.69 Å². The Hall–Kier alpha value is -2.22. The summed E-state index contributed by atoms with van der Waals surface area (Å²) in [7, 11) is 1.88. The van der Waals surface area contributed by atoms with Gasteiger partial charge in [-0.05, 0) is 84.6 Å². The van der Waals surface area contributed by atoms with E-state index in [0.29, 0.717) is 92.7 Å². The zero-order chi connectivity index (χ0) is 41.7. The molecule has 1 fully saturated rings. The Morgan fingerprint density at radius 1 is 1.00 bits per heavy atom. The minimum atomic E-state index is -0.707. The molecule has 8 N–H and O–H groups in total. The van der Waals surface area contributed by atoms with Crippen LogP contribution in [0, 0.1) is 0 Å². The van der Waals surface area contributed by atoms with Gasteiger partial charge in [0, 0.05) is 35.8 Å². The van der Waals surface area contributed by atoms with Gasteiger partial charge >= 0.3 is 0 Å². The minimum Gasteiger partial charge on any atom is -0.508 e. The highest BCUT2D eigenvalue weighted by Crippen LogP contribution is 2.26. The molecule has 327 valence electrons. The number of benzene rings is 1. The zero-order valence-electron chi connectivity index (χ0n) is 32.9. The predicted octanol–water partition coefficient (Wildman–Crippen LogP) is 1.97. The fourth-order valence-corrected chi connectivity index (χ4v) is 6.71. The predicted molar refractivity (Wildman–Crippen MR) is 242 cm³/mol. The second-order valence-corrected chi connectivity index (χ2v) is 14.3. The van der Waals surface area contributed by atoms with Gasteiger partial charge in [-0.3, -0.25) is 19.5 Å². The molecule has 0 aliphatic carbocycles. The molecule has 2 amide bonds. The molecule has 0 spiro atoms. The van der Waals surface area contributed by atoms with Crippen LogP contribution in [-0.4, -0.2) is 166 Å². The third kappa shape index (κ3) is 23.0. The van der Waals surface area contributed by atoms with E-state index in [1.807, 2.05) is 14.2 Å². The monoisotopic (exact) mass is 982 g/mol. The number of thiocarbonyl (C=S) groups is 1. The van der Waals surface area contributed by atoms with Crippen molar-refractivity contribution in [3.05, 3.63) is 34.3 Å². The van der Waals surface area contributed by atoms with E-state index in [-0.39, 0.29) is 56.9 Å². The lowest BCUT2D eigenvalue weighted by atomic mass is 9.98. The molecule has 3 rings (SSSR count). The van der Waals surface area contributed by atoms with Gasteiger partial charge in [-0.25, -0.2) is 0 Å². The van der Waals surface area contributed by atoms with Crippen LogP contribution in [-0.2, 0) is 33.3 Å². The lowest BCUT2D eigenvalue weighted by Gasteiger charge is -2.30. The van der Waals surface area contributed by atoms with Crippen LogP contribution >= 0.6 is 57.6 Å². The van der Waals surface area contributed by atoms with E-state index in [4.69, 9.17) is 41.7 Å². The van der Waals surface area contributed by atoms with E-state index < -0.39 is 12.2 Å². The number of aliphatic hydroxyl groups is 2. The molecule has 22 heteroatoms. The lowest BCUT2D eigenvalue weighted by molar-refractivity contribution is -0.138. The second-order valence-electron chi connectivity index (χ2n) is 12.5. The summed E-state index contributed by atoms with van der Waals surface area (Å²) in [5.74, 6) is 5.03. The standard InChI is InChI=1S/C28H40Br2N6O7S.C8H17BNO3.H2S/c29-19-24-25(30)27(39)36(26(24)38)10-12-41-14-16-43-18-17-42-15-13-40-11-9-32-20-22(35-31)3-1-2-8-33-28(44)34-21-4-6-23(37)7-5-21;1-9-10-3-2-6-4-7(11)8(12)5-13-6;/h4-7,20,37H,1-3,8-19,31H2,(H2,33,34,44);6-8,10-12H,2-5H2,1H3;1H2/b32-20?,35-22-;;. The first-order valence-electron chi connectivity index (χ1n) is 18.8. The van der Waals surface area contributed by atoms with Crippen molar-refractivity contribution in [2.45, 2.75) is 57.2 Å². The van der Waals surface area contributed by atoms with Crippen molar-refractivity contribution in [3.8, 4) is 5.75 Å². The number of imide groups is 1. The number of phenols is 1. The third-order valence-corrected chi connectivity index (χ3v) is 9.84. The van der Waals surface area contributed by atoms with E-state index in [1.54, 1.807) is 30.5 Å². The number of phenolic OH excluding ortho intramolecular Hbond substituents is 1. The fourth-order valence-electron chi connectivity index (χ4n) is 5.07. The maximum atomic E-state index is 12.1. The Kier molecular flexibility index (Phi) is 31.1. The summed E-state index contributed by atoms with van der Waals surface area (Å²) >= 11 is 11.6. The van der Waals surface area contributed by atoms with Crippen molar-refractivity contribution in [1.29, 1.82) is 0 Å². The number of anilines is 1. The smallest absolute Gasteiger partial charge is 0.268 e. The SMILES string of the molecule is C[B]NCCC1CC(O)C(O)CO1.N/N=C(\C=NCCOCCOCCOCCOCCN1C(=O)C(Br)=C(CBr)C1=O)CCCCNC(=S)Nc1ccc(O)cc1.S. The van der Waals surface area contributed by atoms with Gasteiger partial charge in [-0.15, -0.1) is 0 Å². The first-order chi connectivity index (χ1) is 27.6. The largest absolute Gasteiger partial charge is 0.508 e. The normalized spacial score (nSPS) is 18.3. The van der Waals surface area contributed by atoms with Crippen molar-refractivity contribution in [2.24, 2.45) is 15.9 Å². The minimum absolute atomic E-state index is 0. The van der Waals surface area contributed by atoms with Gasteiger partial charge in [0.25, 0.3) is 11.8 Å². The Morgan fingerprint density at radius 3 is 2.22 bits per heavy atom.